The van der Waals surface area contributed by atoms with E-state index in [1.807, 2.05) is 0 Å². The van der Waals surface area contributed by atoms with Crippen LogP contribution in [0.25, 0.3) is 0 Å². The van der Waals surface area contributed by atoms with E-state index in [9.17, 15) is 26.4 Å². The van der Waals surface area contributed by atoms with Crippen LogP contribution in [0.1, 0.15) is 24.0 Å². The minimum atomic E-state index is -4.44. The summed E-state index contributed by atoms with van der Waals surface area (Å²) in [6.07, 6.45) is -3.77. The van der Waals surface area contributed by atoms with Gasteiger partial charge in [-0.05, 0) is 54.8 Å². The van der Waals surface area contributed by atoms with Crippen molar-refractivity contribution in [1.29, 1.82) is 0 Å². The van der Waals surface area contributed by atoms with Gasteiger partial charge in [0.2, 0.25) is 15.9 Å². The Kier molecular flexibility index (Phi) is 6.90. The zero-order valence-electron chi connectivity index (χ0n) is 16.9. The molecule has 3 rings (SSSR count). The summed E-state index contributed by atoms with van der Waals surface area (Å²) < 4.78 is 70.3. The van der Waals surface area contributed by atoms with Crippen LogP contribution in [-0.4, -0.2) is 38.8 Å². The fourth-order valence-corrected chi connectivity index (χ4v) is 4.92. The number of piperidine rings is 1. The fraction of sp³-hybridized carbons (Fsp3) is 0.381. The molecule has 0 saturated carbocycles. The number of alkyl halides is 3. The molecule has 0 unspecified atom stereocenters. The highest BCUT2D eigenvalue weighted by molar-refractivity contribution is 7.89. The van der Waals surface area contributed by atoms with Crippen molar-refractivity contribution in [2.75, 3.05) is 20.2 Å². The number of halogens is 3. The van der Waals surface area contributed by atoms with E-state index in [2.05, 4.69) is 5.32 Å². The minimum absolute atomic E-state index is 0.0207. The van der Waals surface area contributed by atoms with Crippen molar-refractivity contribution in [1.82, 2.24) is 9.62 Å². The standard InChI is InChI=1S/C21H23F3N2O4S/c1-30-18-5-7-19(8-6-18)31(28,29)26-11-9-16(10-12-26)20(27)25-14-15-3-2-4-17(13-15)21(22,23)24/h2-8,13,16H,9-12,14H2,1H3,(H,25,27). The van der Waals surface area contributed by atoms with E-state index >= 15 is 0 Å². The number of benzene rings is 2. The highest BCUT2D eigenvalue weighted by Gasteiger charge is 2.32. The molecular weight excluding hydrogens is 433 g/mol. The number of amides is 1. The zero-order chi connectivity index (χ0) is 22.6. The average Bonchev–Trinajstić information content (AvgIpc) is 2.77. The number of sulfonamides is 1. The van der Waals surface area contributed by atoms with Crippen LogP contribution in [-0.2, 0) is 27.5 Å². The summed E-state index contributed by atoms with van der Waals surface area (Å²) in [7, 11) is -2.18. The maximum Gasteiger partial charge on any atom is 0.416 e. The third kappa shape index (κ3) is 5.56. The summed E-state index contributed by atoms with van der Waals surface area (Å²) in [6.45, 7) is 0.360. The van der Waals surface area contributed by atoms with Crippen molar-refractivity contribution in [3.05, 3.63) is 59.7 Å². The molecule has 0 atom stereocenters. The lowest BCUT2D eigenvalue weighted by Gasteiger charge is -2.30. The van der Waals surface area contributed by atoms with E-state index in [4.69, 9.17) is 4.74 Å². The van der Waals surface area contributed by atoms with E-state index in [-0.39, 0.29) is 30.4 Å². The number of hydrogen-bond acceptors (Lipinski definition) is 4. The van der Waals surface area contributed by atoms with Crippen LogP contribution in [0.4, 0.5) is 13.2 Å². The van der Waals surface area contributed by atoms with Gasteiger partial charge in [0.15, 0.2) is 0 Å². The van der Waals surface area contributed by atoms with Gasteiger partial charge in [0, 0.05) is 25.6 Å². The van der Waals surface area contributed by atoms with Crippen LogP contribution < -0.4 is 10.1 Å². The van der Waals surface area contributed by atoms with Gasteiger partial charge in [-0.15, -0.1) is 0 Å². The van der Waals surface area contributed by atoms with Gasteiger partial charge in [-0.1, -0.05) is 12.1 Å². The van der Waals surface area contributed by atoms with Gasteiger partial charge >= 0.3 is 6.18 Å². The van der Waals surface area contributed by atoms with Gasteiger partial charge in [0.05, 0.1) is 17.6 Å². The molecule has 168 valence electrons. The highest BCUT2D eigenvalue weighted by Crippen LogP contribution is 2.30. The Bertz CT molecular complexity index is 1020. The summed E-state index contributed by atoms with van der Waals surface area (Å²) >= 11 is 0. The second-order valence-electron chi connectivity index (χ2n) is 7.27. The van der Waals surface area contributed by atoms with Gasteiger partial charge in [0.1, 0.15) is 5.75 Å². The van der Waals surface area contributed by atoms with Crippen molar-refractivity contribution in [3.8, 4) is 5.75 Å². The van der Waals surface area contributed by atoms with Crippen LogP contribution in [0.5, 0.6) is 5.75 Å². The van der Waals surface area contributed by atoms with Crippen molar-refractivity contribution in [2.24, 2.45) is 5.92 Å². The predicted molar refractivity (Wildman–Crippen MR) is 108 cm³/mol. The number of hydrogen-bond donors (Lipinski definition) is 1. The molecule has 0 radical (unpaired) electrons. The molecule has 2 aromatic rings. The second kappa shape index (κ2) is 9.27. The first-order valence-corrected chi connectivity index (χ1v) is 11.1. The van der Waals surface area contributed by atoms with Crippen molar-refractivity contribution in [2.45, 2.75) is 30.5 Å². The molecule has 10 heteroatoms. The number of carbonyl (C=O) groups excluding carboxylic acids is 1. The summed E-state index contributed by atoms with van der Waals surface area (Å²) in [4.78, 5) is 12.6. The largest absolute Gasteiger partial charge is 0.497 e. The molecule has 31 heavy (non-hydrogen) atoms. The Balaban J connectivity index is 1.55. The first kappa shape index (κ1) is 23.1. The average molecular weight is 456 g/mol. The quantitative estimate of drug-likeness (QED) is 0.723. The number of nitrogens with one attached hydrogen (secondary N) is 1. The molecule has 0 aromatic heterocycles. The first-order chi connectivity index (χ1) is 14.6. The molecule has 0 aliphatic carbocycles. The predicted octanol–water partition coefficient (Wildman–Crippen LogP) is 3.43. The van der Waals surface area contributed by atoms with Gasteiger partial charge in [-0.25, -0.2) is 8.42 Å². The normalized spacial score (nSPS) is 16.1. The Morgan fingerprint density at radius 2 is 1.77 bits per heavy atom. The number of methoxy groups -OCH3 is 1. The fourth-order valence-electron chi connectivity index (χ4n) is 3.45. The highest BCUT2D eigenvalue weighted by atomic mass is 32.2. The van der Waals surface area contributed by atoms with E-state index in [0.29, 0.717) is 24.2 Å². The van der Waals surface area contributed by atoms with E-state index in [1.54, 1.807) is 12.1 Å². The van der Waals surface area contributed by atoms with Crippen LogP contribution >= 0.6 is 0 Å². The topological polar surface area (TPSA) is 75.7 Å². The van der Waals surface area contributed by atoms with Gasteiger partial charge in [-0.3, -0.25) is 4.79 Å². The smallest absolute Gasteiger partial charge is 0.416 e. The number of ether oxygens (including phenoxy) is 1. The third-order valence-corrected chi connectivity index (χ3v) is 7.16. The second-order valence-corrected chi connectivity index (χ2v) is 9.21. The van der Waals surface area contributed by atoms with E-state index in [1.165, 1.54) is 35.7 Å². The molecule has 6 nitrogen and oxygen atoms in total. The maximum absolute atomic E-state index is 12.8. The van der Waals surface area contributed by atoms with E-state index < -0.39 is 27.7 Å². The number of nitrogens with zero attached hydrogens (tertiary/aromatic N) is 1. The Hall–Kier alpha value is -2.59. The van der Waals surface area contributed by atoms with Gasteiger partial charge < -0.3 is 10.1 Å². The van der Waals surface area contributed by atoms with E-state index in [0.717, 1.165) is 12.1 Å². The summed E-state index contributed by atoms with van der Waals surface area (Å²) in [6, 6.07) is 10.9. The maximum atomic E-state index is 12.8. The SMILES string of the molecule is COc1ccc(S(=O)(=O)N2CCC(C(=O)NCc3cccc(C(F)(F)F)c3)CC2)cc1. The van der Waals surface area contributed by atoms with Crippen molar-refractivity contribution < 1.29 is 31.1 Å². The molecule has 0 bridgehead atoms. The minimum Gasteiger partial charge on any atom is -0.497 e. The van der Waals surface area contributed by atoms with Gasteiger partial charge in [-0.2, -0.15) is 17.5 Å². The molecule has 1 heterocycles. The molecule has 1 aliphatic heterocycles. The van der Waals surface area contributed by atoms with Crippen molar-refractivity contribution >= 4 is 15.9 Å². The van der Waals surface area contributed by atoms with Crippen LogP contribution in [0.3, 0.4) is 0 Å². The third-order valence-electron chi connectivity index (χ3n) is 5.24. The van der Waals surface area contributed by atoms with Crippen molar-refractivity contribution in [3.63, 3.8) is 0 Å². The molecular formula is C21H23F3N2O4S. The lowest BCUT2D eigenvalue weighted by molar-refractivity contribution is -0.137. The molecule has 1 aliphatic rings. The summed E-state index contributed by atoms with van der Waals surface area (Å²) in [5.74, 6) is -0.137. The summed E-state index contributed by atoms with van der Waals surface area (Å²) in [5.41, 5.74) is -0.418. The molecule has 1 N–H and O–H groups in total. The zero-order valence-corrected chi connectivity index (χ0v) is 17.7. The lowest BCUT2D eigenvalue weighted by atomic mass is 9.97. The number of rotatable bonds is 6. The molecule has 1 fully saturated rings. The lowest BCUT2D eigenvalue weighted by Crippen LogP contribution is -2.42. The number of carbonyl (C=O) groups is 1. The molecule has 0 spiro atoms. The van der Waals surface area contributed by atoms with Crippen LogP contribution in [0.15, 0.2) is 53.4 Å². The van der Waals surface area contributed by atoms with Crippen LogP contribution in [0.2, 0.25) is 0 Å². The molecule has 1 amide bonds. The van der Waals surface area contributed by atoms with Crippen LogP contribution in [0, 0.1) is 5.92 Å². The Labute approximate surface area is 179 Å². The first-order valence-electron chi connectivity index (χ1n) is 9.69. The van der Waals surface area contributed by atoms with Gasteiger partial charge in [0.25, 0.3) is 0 Å². The Morgan fingerprint density at radius 1 is 1.13 bits per heavy atom. The molecule has 2 aromatic carbocycles. The monoisotopic (exact) mass is 456 g/mol. The molecule has 1 saturated heterocycles. The Morgan fingerprint density at radius 3 is 2.35 bits per heavy atom. The summed E-state index contributed by atoms with van der Waals surface area (Å²) in [5, 5.41) is 2.66.